The van der Waals surface area contributed by atoms with Gasteiger partial charge in [-0.15, -0.1) is 0 Å². The van der Waals surface area contributed by atoms with E-state index in [2.05, 4.69) is 12.1 Å². The summed E-state index contributed by atoms with van der Waals surface area (Å²) in [6.07, 6.45) is 1.60. The molecule has 0 atom stereocenters. The first kappa shape index (κ1) is 17.2. The van der Waals surface area contributed by atoms with E-state index in [1.165, 1.54) is 0 Å². The second-order valence-electron chi connectivity index (χ2n) is 5.86. The fourth-order valence-electron chi connectivity index (χ4n) is 2.68. The maximum absolute atomic E-state index is 11.0. The van der Waals surface area contributed by atoms with Crippen molar-refractivity contribution in [1.82, 2.24) is 0 Å². The highest BCUT2D eigenvalue weighted by Gasteiger charge is 2.04. The van der Waals surface area contributed by atoms with Crippen molar-refractivity contribution < 1.29 is 12.6 Å². The first-order chi connectivity index (χ1) is 11.9. The van der Waals surface area contributed by atoms with E-state index in [0.717, 1.165) is 33.7 Å². The van der Waals surface area contributed by atoms with E-state index >= 15 is 0 Å². The van der Waals surface area contributed by atoms with Gasteiger partial charge in [0.15, 0.2) is 0 Å². The molecule has 0 N–H and O–H groups in total. The molecule has 5 heteroatoms. The number of benzene rings is 3. The van der Waals surface area contributed by atoms with Crippen molar-refractivity contribution >= 4 is 20.9 Å². The van der Waals surface area contributed by atoms with Crippen molar-refractivity contribution in [3.05, 3.63) is 71.8 Å². The molecule has 3 aromatic carbocycles. The molecule has 0 aliphatic rings. The molecule has 3 rings (SSSR count). The maximum atomic E-state index is 11.0. The van der Waals surface area contributed by atoms with Gasteiger partial charge in [0.1, 0.15) is 0 Å². The summed E-state index contributed by atoms with van der Waals surface area (Å²) in [5.41, 5.74) is 3.82. The number of rotatable bonds is 5. The summed E-state index contributed by atoms with van der Waals surface area (Å²) < 4.78 is 26.8. The van der Waals surface area contributed by atoms with Crippen LogP contribution in [0.1, 0.15) is 11.1 Å². The van der Waals surface area contributed by atoms with E-state index < -0.39 is 10.1 Å². The molecule has 0 aromatic heterocycles. The number of hydrogen-bond acceptors (Lipinski definition) is 4. The molecular formula is C20H17NO3S. The minimum atomic E-state index is -3.40. The molecule has 0 fully saturated rings. The molecule has 0 spiro atoms. The minimum Gasteiger partial charge on any atom is -0.270 e. The Morgan fingerprint density at radius 3 is 2.24 bits per heavy atom. The van der Waals surface area contributed by atoms with E-state index in [9.17, 15) is 8.42 Å². The summed E-state index contributed by atoms with van der Waals surface area (Å²) in [5, 5.41) is 11.1. The van der Waals surface area contributed by atoms with Crippen LogP contribution in [0.2, 0.25) is 0 Å². The Morgan fingerprint density at radius 1 is 0.920 bits per heavy atom. The van der Waals surface area contributed by atoms with E-state index in [0.29, 0.717) is 12.0 Å². The van der Waals surface area contributed by atoms with Gasteiger partial charge in [-0.2, -0.15) is 13.7 Å². The Kier molecular flexibility index (Phi) is 4.84. The van der Waals surface area contributed by atoms with E-state index in [4.69, 9.17) is 9.44 Å². The Morgan fingerprint density at radius 2 is 1.56 bits per heavy atom. The van der Waals surface area contributed by atoms with Crippen molar-refractivity contribution in [2.75, 3.05) is 12.9 Å². The molecule has 0 unspecified atom stereocenters. The van der Waals surface area contributed by atoms with Gasteiger partial charge in [0, 0.05) is 0 Å². The van der Waals surface area contributed by atoms with Crippen molar-refractivity contribution in [2.24, 2.45) is 0 Å². The minimum absolute atomic E-state index is 0.146. The highest BCUT2D eigenvalue weighted by atomic mass is 32.2. The summed E-state index contributed by atoms with van der Waals surface area (Å²) in [6.45, 7) is 0.146. The molecule has 0 aliphatic carbocycles. The first-order valence-electron chi connectivity index (χ1n) is 7.82. The lowest BCUT2D eigenvalue weighted by Gasteiger charge is -2.07. The monoisotopic (exact) mass is 351 g/mol. The average molecular weight is 351 g/mol. The zero-order chi connectivity index (χ0) is 17.9. The molecule has 0 heterocycles. The predicted octanol–water partition coefficient (Wildman–Crippen LogP) is 3.90. The standard InChI is InChI=1S/C20H17NO3S/c1-25(22,23)24-11-10-15-2-7-20-13-19(9-8-18(20)12-15)17-5-3-16(14-21)4-6-17/h2-9,12-13H,10-11H2,1H3. The summed E-state index contributed by atoms with van der Waals surface area (Å²) in [5.74, 6) is 0. The summed E-state index contributed by atoms with van der Waals surface area (Å²) in [4.78, 5) is 0. The quantitative estimate of drug-likeness (QED) is 0.654. The SMILES string of the molecule is CS(=O)(=O)OCCc1ccc2cc(-c3ccc(C#N)cc3)ccc2c1. The van der Waals surface area contributed by atoms with Crippen LogP contribution in [0.5, 0.6) is 0 Å². The lowest BCUT2D eigenvalue weighted by Crippen LogP contribution is -2.06. The number of hydrogen-bond donors (Lipinski definition) is 0. The van der Waals surface area contributed by atoms with Gasteiger partial charge in [-0.05, 0) is 52.1 Å². The summed E-state index contributed by atoms with van der Waals surface area (Å²) in [7, 11) is -3.40. The average Bonchev–Trinajstić information content (AvgIpc) is 2.60. The predicted molar refractivity (Wildman–Crippen MR) is 98.6 cm³/mol. The van der Waals surface area contributed by atoms with Crippen LogP contribution in [0.25, 0.3) is 21.9 Å². The lowest BCUT2D eigenvalue weighted by atomic mass is 9.99. The van der Waals surface area contributed by atoms with Crippen LogP contribution in [-0.2, 0) is 20.7 Å². The third kappa shape index (κ3) is 4.44. The van der Waals surface area contributed by atoms with E-state index in [1.54, 1.807) is 0 Å². The van der Waals surface area contributed by atoms with Crippen LogP contribution in [-0.4, -0.2) is 21.3 Å². The van der Waals surface area contributed by atoms with Crippen molar-refractivity contribution in [2.45, 2.75) is 6.42 Å². The Balaban J connectivity index is 1.82. The maximum Gasteiger partial charge on any atom is 0.264 e. The first-order valence-corrected chi connectivity index (χ1v) is 9.64. The third-order valence-corrected chi connectivity index (χ3v) is 4.53. The summed E-state index contributed by atoms with van der Waals surface area (Å²) in [6, 6.07) is 21.9. The zero-order valence-corrected chi connectivity index (χ0v) is 14.6. The largest absolute Gasteiger partial charge is 0.270 e. The number of fused-ring (bicyclic) bond motifs is 1. The normalized spacial score (nSPS) is 11.4. The van der Waals surface area contributed by atoms with Crippen LogP contribution in [0, 0.1) is 11.3 Å². The van der Waals surface area contributed by atoms with Gasteiger partial charge < -0.3 is 0 Å². The molecule has 126 valence electrons. The fourth-order valence-corrected chi connectivity index (χ4v) is 3.06. The van der Waals surface area contributed by atoms with Gasteiger partial charge in [0.05, 0.1) is 24.5 Å². The molecular weight excluding hydrogens is 334 g/mol. The Bertz CT molecular complexity index is 1050. The van der Waals surface area contributed by atoms with Crippen molar-refractivity contribution in [1.29, 1.82) is 5.26 Å². The van der Waals surface area contributed by atoms with E-state index in [1.807, 2.05) is 54.6 Å². The van der Waals surface area contributed by atoms with Gasteiger partial charge in [-0.1, -0.05) is 42.5 Å². The van der Waals surface area contributed by atoms with Gasteiger partial charge in [0.2, 0.25) is 0 Å². The topological polar surface area (TPSA) is 67.2 Å². The van der Waals surface area contributed by atoms with Crippen LogP contribution in [0.15, 0.2) is 60.7 Å². The fraction of sp³-hybridized carbons (Fsp3) is 0.150. The molecule has 4 nitrogen and oxygen atoms in total. The van der Waals surface area contributed by atoms with Gasteiger partial charge in [0.25, 0.3) is 10.1 Å². The number of nitriles is 1. The third-order valence-electron chi connectivity index (χ3n) is 3.94. The molecule has 25 heavy (non-hydrogen) atoms. The summed E-state index contributed by atoms with van der Waals surface area (Å²) >= 11 is 0. The molecule has 0 saturated carbocycles. The van der Waals surface area contributed by atoms with E-state index in [-0.39, 0.29) is 6.61 Å². The Labute approximate surface area is 147 Å². The molecule has 0 aliphatic heterocycles. The smallest absolute Gasteiger partial charge is 0.264 e. The highest BCUT2D eigenvalue weighted by molar-refractivity contribution is 7.85. The highest BCUT2D eigenvalue weighted by Crippen LogP contribution is 2.25. The second-order valence-corrected chi connectivity index (χ2v) is 7.51. The van der Waals surface area contributed by atoms with Crippen LogP contribution < -0.4 is 0 Å². The van der Waals surface area contributed by atoms with Crippen LogP contribution in [0.3, 0.4) is 0 Å². The molecule has 0 amide bonds. The van der Waals surface area contributed by atoms with Crippen molar-refractivity contribution in [3.8, 4) is 17.2 Å². The zero-order valence-electron chi connectivity index (χ0n) is 13.8. The van der Waals surface area contributed by atoms with Gasteiger partial charge >= 0.3 is 0 Å². The van der Waals surface area contributed by atoms with Gasteiger partial charge in [-0.3, -0.25) is 4.18 Å². The Hall–Kier alpha value is -2.68. The van der Waals surface area contributed by atoms with Crippen LogP contribution >= 0.6 is 0 Å². The number of nitrogens with zero attached hydrogens (tertiary/aromatic N) is 1. The molecule has 0 bridgehead atoms. The second kappa shape index (κ2) is 7.06. The lowest BCUT2D eigenvalue weighted by molar-refractivity contribution is 0.326. The molecule has 0 radical (unpaired) electrons. The van der Waals surface area contributed by atoms with Crippen LogP contribution in [0.4, 0.5) is 0 Å². The van der Waals surface area contributed by atoms with Gasteiger partial charge in [-0.25, -0.2) is 0 Å². The van der Waals surface area contributed by atoms with Crippen molar-refractivity contribution in [3.63, 3.8) is 0 Å². The molecule has 0 saturated heterocycles. The molecule has 3 aromatic rings.